The predicted octanol–water partition coefficient (Wildman–Crippen LogP) is 5.94. The summed E-state index contributed by atoms with van der Waals surface area (Å²) in [6.07, 6.45) is 2.06. The van der Waals surface area contributed by atoms with Gasteiger partial charge in [-0.05, 0) is 0 Å². The number of hydrogen-bond acceptors (Lipinski definition) is 3. The van der Waals surface area contributed by atoms with E-state index < -0.39 is 17.3 Å². The minimum Gasteiger partial charge on any atom is -0.465 e. The normalized spacial score (nSPS) is 10.7. The lowest BCUT2D eigenvalue weighted by Gasteiger charge is -2.15. The molecule has 9 heteroatoms. The fraction of sp³-hybridized carbons (Fsp3) is 0.0769. The number of rotatable bonds is 2. The Bertz CT molecular complexity index is 753. The highest BCUT2D eigenvalue weighted by Gasteiger charge is 2.26. The lowest BCUT2D eigenvalue weighted by atomic mass is 10.0. The van der Waals surface area contributed by atoms with E-state index in [2.05, 4.69) is 9.72 Å². The molecule has 0 fully saturated rings. The zero-order valence-electron chi connectivity index (χ0n) is 10.7. The van der Waals surface area contributed by atoms with Crippen molar-refractivity contribution in [3.63, 3.8) is 0 Å². The fourth-order valence-electron chi connectivity index (χ4n) is 1.78. The van der Waals surface area contributed by atoms with Crippen LogP contribution in [-0.4, -0.2) is 18.1 Å². The van der Waals surface area contributed by atoms with E-state index in [-0.39, 0.29) is 36.2 Å². The molecule has 0 aliphatic rings. The number of ether oxygens (including phenoxy) is 1. The van der Waals surface area contributed by atoms with E-state index in [1.54, 1.807) is 0 Å². The Morgan fingerprint density at radius 1 is 1.00 bits per heavy atom. The molecule has 0 spiro atoms. The average molecular weight is 403 g/mol. The van der Waals surface area contributed by atoms with E-state index in [4.69, 9.17) is 58.0 Å². The largest absolute Gasteiger partial charge is 0.465 e. The van der Waals surface area contributed by atoms with Gasteiger partial charge in [0.2, 0.25) is 0 Å². The first-order valence-electron chi connectivity index (χ1n) is 5.54. The molecular weight excluding hydrogens is 398 g/mol. The summed E-state index contributed by atoms with van der Waals surface area (Å²) in [6, 6.07) is 0. The van der Waals surface area contributed by atoms with Crippen molar-refractivity contribution in [2.24, 2.45) is 0 Å². The average Bonchev–Trinajstić information content (AvgIpc) is 2.50. The second kappa shape index (κ2) is 6.77. The standard InChI is InChI=1S/C13H5Cl5FNO2/c1-22-13(21)6-4(2-20-3-5(6)19)7-8(14)10(16)12(18)11(17)9(7)15/h2-3H,1H3. The van der Waals surface area contributed by atoms with Gasteiger partial charge in [-0.3, -0.25) is 4.98 Å². The van der Waals surface area contributed by atoms with Crippen molar-refractivity contribution >= 4 is 64.0 Å². The van der Waals surface area contributed by atoms with E-state index in [9.17, 15) is 9.18 Å². The van der Waals surface area contributed by atoms with Crippen molar-refractivity contribution in [2.75, 3.05) is 7.11 Å². The number of hydrogen-bond donors (Lipinski definition) is 0. The number of pyridine rings is 1. The van der Waals surface area contributed by atoms with Crippen molar-refractivity contribution in [1.82, 2.24) is 4.98 Å². The van der Waals surface area contributed by atoms with E-state index in [0.29, 0.717) is 0 Å². The zero-order chi connectivity index (χ0) is 16.6. The van der Waals surface area contributed by atoms with Gasteiger partial charge in [-0.2, -0.15) is 0 Å². The van der Waals surface area contributed by atoms with Crippen molar-refractivity contribution in [1.29, 1.82) is 0 Å². The molecule has 2 aromatic rings. The summed E-state index contributed by atoms with van der Waals surface area (Å²) in [6.45, 7) is 0. The Balaban J connectivity index is 2.90. The van der Waals surface area contributed by atoms with Gasteiger partial charge < -0.3 is 4.74 Å². The molecule has 0 saturated carbocycles. The minimum atomic E-state index is -0.927. The second-order valence-electron chi connectivity index (χ2n) is 3.98. The molecule has 0 radical (unpaired) electrons. The Kier molecular flexibility index (Phi) is 5.41. The summed E-state index contributed by atoms with van der Waals surface area (Å²) in [5.41, 5.74) is -0.367. The number of aromatic nitrogens is 1. The first kappa shape index (κ1) is 17.6. The van der Waals surface area contributed by atoms with Crippen molar-refractivity contribution < 1.29 is 13.9 Å². The predicted molar refractivity (Wildman–Crippen MR) is 86.0 cm³/mol. The summed E-state index contributed by atoms with van der Waals surface area (Å²) in [5.74, 6) is -1.83. The van der Waals surface area contributed by atoms with Crippen molar-refractivity contribution in [3.05, 3.63) is 48.9 Å². The third kappa shape index (κ3) is 2.86. The molecule has 0 aliphatic heterocycles. The number of carbonyl (C=O) groups excluding carboxylic acids is 1. The highest BCUT2D eigenvalue weighted by molar-refractivity contribution is 6.56. The SMILES string of the molecule is COC(=O)c1c(F)cncc1-c1c(Cl)c(Cl)c(Cl)c(Cl)c1Cl. The third-order valence-electron chi connectivity index (χ3n) is 2.77. The molecule has 0 aliphatic carbocycles. The second-order valence-corrected chi connectivity index (χ2v) is 5.87. The molecule has 0 atom stereocenters. The van der Waals surface area contributed by atoms with E-state index >= 15 is 0 Å². The van der Waals surface area contributed by atoms with Gasteiger partial charge in [0.15, 0.2) is 5.82 Å². The van der Waals surface area contributed by atoms with Gasteiger partial charge in [-0.15, -0.1) is 0 Å². The van der Waals surface area contributed by atoms with Crippen LogP contribution in [0.4, 0.5) is 4.39 Å². The highest BCUT2D eigenvalue weighted by Crippen LogP contribution is 2.48. The van der Waals surface area contributed by atoms with Crippen LogP contribution in [0.1, 0.15) is 10.4 Å². The van der Waals surface area contributed by atoms with Crippen molar-refractivity contribution in [2.45, 2.75) is 0 Å². The smallest absolute Gasteiger partial charge is 0.341 e. The molecule has 0 saturated heterocycles. The molecule has 116 valence electrons. The molecule has 22 heavy (non-hydrogen) atoms. The Labute approximate surface area is 149 Å². The molecule has 1 aromatic carbocycles. The van der Waals surface area contributed by atoms with Crippen LogP contribution in [0.15, 0.2) is 12.4 Å². The summed E-state index contributed by atoms with van der Waals surface area (Å²) in [7, 11) is 1.11. The number of carbonyl (C=O) groups is 1. The summed E-state index contributed by atoms with van der Waals surface area (Å²) in [4.78, 5) is 15.5. The summed E-state index contributed by atoms with van der Waals surface area (Å²) >= 11 is 30.1. The Morgan fingerprint density at radius 3 is 2.00 bits per heavy atom. The van der Waals surface area contributed by atoms with Crippen LogP contribution < -0.4 is 0 Å². The van der Waals surface area contributed by atoms with Crippen molar-refractivity contribution in [3.8, 4) is 11.1 Å². The molecule has 3 nitrogen and oxygen atoms in total. The maximum absolute atomic E-state index is 14.0. The lowest BCUT2D eigenvalue weighted by Crippen LogP contribution is -2.08. The monoisotopic (exact) mass is 401 g/mol. The number of esters is 1. The zero-order valence-corrected chi connectivity index (χ0v) is 14.5. The molecule has 0 bridgehead atoms. The lowest BCUT2D eigenvalue weighted by molar-refractivity contribution is 0.0596. The van der Waals surface area contributed by atoms with Crippen LogP contribution in [0.5, 0.6) is 0 Å². The fourth-order valence-corrected chi connectivity index (χ4v) is 3.12. The number of benzene rings is 1. The summed E-state index contributed by atoms with van der Waals surface area (Å²) in [5, 5.41) is -0.371. The van der Waals surface area contributed by atoms with Crippen LogP contribution >= 0.6 is 58.0 Å². The molecule has 1 aromatic heterocycles. The van der Waals surface area contributed by atoms with Crippen LogP contribution in [0, 0.1) is 5.82 Å². The Hall–Kier alpha value is -0.780. The molecule has 0 amide bonds. The highest BCUT2D eigenvalue weighted by atomic mass is 35.5. The Morgan fingerprint density at radius 2 is 1.50 bits per heavy atom. The molecule has 0 unspecified atom stereocenters. The maximum atomic E-state index is 14.0. The van der Waals surface area contributed by atoms with Crippen LogP contribution in [0.2, 0.25) is 25.1 Å². The van der Waals surface area contributed by atoms with Gasteiger partial charge in [0.05, 0.1) is 38.4 Å². The van der Waals surface area contributed by atoms with Gasteiger partial charge in [0.25, 0.3) is 0 Å². The van der Waals surface area contributed by atoms with E-state index in [1.165, 1.54) is 6.20 Å². The molecular formula is C13H5Cl5FNO2. The topological polar surface area (TPSA) is 39.2 Å². The molecule has 0 N–H and O–H groups in total. The van der Waals surface area contributed by atoms with Gasteiger partial charge in [0.1, 0.15) is 5.56 Å². The van der Waals surface area contributed by atoms with Crippen LogP contribution in [-0.2, 0) is 4.74 Å². The van der Waals surface area contributed by atoms with Crippen LogP contribution in [0.25, 0.3) is 11.1 Å². The molecule has 2 rings (SSSR count). The van der Waals surface area contributed by atoms with E-state index in [0.717, 1.165) is 13.3 Å². The van der Waals surface area contributed by atoms with Gasteiger partial charge >= 0.3 is 5.97 Å². The number of halogens is 6. The quantitative estimate of drug-likeness (QED) is 0.354. The third-order valence-corrected chi connectivity index (χ3v) is 5.05. The minimum absolute atomic E-state index is 0.0117. The van der Waals surface area contributed by atoms with Crippen LogP contribution in [0.3, 0.4) is 0 Å². The summed E-state index contributed by atoms with van der Waals surface area (Å²) < 4.78 is 18.5. The number of methoxy groups -OCH3 is 1. The molecule has 1 heterocycles. The van der Waals surface area contributed by atoms with Gasteiger partial charge in [-0.25, -0.2) is 9.18 Å². The van der Waals surface area contributed by atoms with E-state index in [1.807, 2.05) is 0 Å². The van der Waals surface area contributed by atoms with Gasteiger partial charge in [0, 0.05) is 17.3 Å². The number of nitrogens with zero attached hydrogens (tertiary/aromatic N) is 1. The first-order chi connectivity index (χ1) is 10.3. The van der Waals surface area contributed by atoms with Gasteiger partial charge in [-0.1, -0.05) is 58.0 Å². The first-order valence-corrected chi connectivity index (χ1v) is 7.43. The maximum Gasteiger partial charge on any atom is 0.341 e.